The molecule has 2 aromatic carbocycles. The smallest absolute Gasteiger partial charge is 0.338 e. The van der Waals surface area contributed by atoms with E-state index in [1.165, 1.54) is 0 Å². The Labute approximate surface area is 148 Å². The Morgan fingerprint density at radius 2 is 1.64 bits per heavy atom. The summed E-state index contributed by atoms with van der Waals surface area (Å²) in [5.74, 6) is 0.0138. The molecule has 0 atom stereocenters. The van der Waals surface area contributed by atoms with Crippen molar-refractivity contribution in [3.63, 3.8) is 0 Å². The summed E-state index contributed by atoms with van der Waals surface area (Å²) >= 11 is 0. The normalized spacial score (nSPS) is 19.0. The number of carbonyl (C=O) groups is 2. The van der Waals surface area contributed by atoms with Crippen LogP contribution in [-0.4, -0.2) is 24.5 Å². The van der Waals surface area contributed by atoms with Gasteiger partial charge in [-0.05, 0) is 55.9 Å². The predicted octanol–water partition coefficient (Wildman–Crippen LogP) is 3.67. The summed E-state index contributed by atoms with van der Waals surface area (Å²) in [6.45, 7) is 4.31. The first kappa shape index (κ1) is 17.2. The maximum absolute atomic E-state index is 12.5. The van der Waals surface area contributed by atoms with Gasteiger partial charge in [0, 0.05) is 11.6 Å². The molecule has 0 spiro atoms. The fraction of sp³-hybridized carbons (Fsp3) is 0.333. The fourth-order valence-corrected chi connectivity index (χ4v) is 3.27. The zero-order valence-corrected chi connectivity index (χ0v) is 14.6. The number of ether oxygens (including phenoxy) is 1. The molecule has 1 N–H and O–H groups in total. The van der Waals surface area contributed by atoms with Crippen molar-refractivity contribution < 1.29 is 14.3 Å². The molecule has 4 heteroatoms. The van der Waals surface area contributed by atoms with E-state index in [1.54, 1.807) is 12.1 Å². The lowest BCUT2D eigenvalue weighted by Gasteiger charge is -2.35. The molecule has 2 aromatic rings. The summed E-state index contributed by atoms with van der Waals surface area (Å²) in [6.07, 6.45) is 1.69. The molecule has 130 valence electrons. The number of nitrogens with one attached hydrogen (secondary N) is 1. The molecular formula is C21H23NO3. The summed E-state index contributed by atoms with van der Waals surface area (Å²) in [7, 11) is 0. The van der Waals surface area contributed by atoms with Crippen LogP contribution in [0.15, 0.2) is 48.5 Å². The van der Waals surface area contributed by atoms with Crippen LogP contribution in [0.25, 0.3) is 0 Å². The molecule has 0 bridgehead atoms. The van der Waals surface area contributed by atoms with Crippen LogP contribution in [0.5, 0.6) is 0 Å². The first-order valence-electron chi connectivity index (χ1n) is 8.64. The van der Waals surface area contributed by atoms with Crippen molar-refractivity contribution in [2.75, 3.05) is 6.61 Å². The van der Waals surface area contributed by atoms with Crippen LogP contribution < -0.4 is 5.32 Å². The lowest BCUT2D eigenvalue weighted by Crippen LogP contribution is -2.46. The average Bonchev–Trinajstić information content (AvgIpc) is 2.57. The molecule has 0 aliphatic heterocycles. The maximum atomic E-state index is 12.5. The summed E-state index contributed by atoms with van der Waals surface area (Å²) in [5, 5.41) is 3.08. The van der Waals surface area contributed by atoms with E-state index >= 15 is 0 Å². The summed E-state index contributed by atoms with van der Waals surface area (Å²) in [4.78, 5) is 24.4. The second-order valence-corrected chi connectivity index (χ2v) is 6.74. The van der Waals surface area contributed by atoms with Crippen molar-refractivity contribution in [2.24, 2.45) is 5.92 Å². The van der Waals surface area contributed by atoms with E-state index in [0.29, 0.717) is 18.1 Å². The highest BCUT2D eigenvalue weighted by atomic mass is 16.5. The number of amides is 1. The van der Waals surface area contributed by atoms with Crippen LogP contribution in [0, 0.1) is 19.8 Å². The largest absolute Gasteiger partial charge is 0.462 e. The minimum Gasteiger partial charge on any atom is -0.462 e. The van der Waals surface area contributed by atoms with Gasteiger partial charge in [0.15, 0.2) is 0 Å². The van der Waals surface area contributed by atoms with Crippen LogP contribution in [0.4, 0.5) is 0 Å². The van der Waals surface area contributed by atoms with Crippen molar-refractivity contribution in [2.45, 2.75) is 32.7 Å². The molecule has 0 aromatic heterocycles. The molecule has 1 fully saturated rings. The van der Waals surface area contributed by atoms with Gasteiger partial charge >= 0.3 is 5.97 Å². The zero-order valence-electron chi connectivity index (χ0n) is 14.6. The lowest BCUT2D eigenvalue weighted by molar-refractivity contribution is 0.0321. The molecule has 1 saturated carbocycles. The number of hydrogen-bond donors (Lipinski definition) is 1. The third-order valence-electron chi connectivity index (χ3n) is 4.74. The lowest BCUT2D eigenvalue weighted by atomic mass is 9.80. The Bertz CT molecular complexity index is 744. The number of carbonyl (C=O) groups excluding carboxylic acids is 2. The second-order valence-electron chi connectivity index (χ2n) is 6.74. The monoisotopic (exact) mass is 337 g/mol. The van der Waals surface area contributed by atoms with E-state index in [1.807, 2.05) is 50.2 Å². The number of aryl methyl sites for hydroxylation is 2. The summed E-state index contributed by atoms with van der Waals surface area (Å²) in [6, 6.07) is 15.0. The first-order valence-corrected chi connectivity index (χ1v) is 8.64. The van der Waals surface area contributed by atoms with Crippen LogP contribution >= 0.6 is 0 Å². The van der Waals surface area contributed by atoms with E-state index in [4.69, 9.17) is 4.74 Å². The molecule has 0 unspecified atom stereocenters. The van der Waals surface area contributed by atoms with E-state index < -0.39 is 0 Å². The molecular weight excluding hydrogens is 314 g/mol. The average molecular weight is 337 g/mol. The van der Waals surface area contributed by atoms with Crippen LogP contribution in [0.1, 0.15) is 44.7 Å². The second kappa shape index (κ2) is 7.51. The quantitative estimate of drug-likeness (QED) is 0.847. The minimum atomic E-state index is -0.288. The number of rotatable bonds is 5. The minimum absolute atomic E-state index is 0.0136. The predicted molar refractivity (Wildman–Crippen MR) is 96.6 cm³/mol. The van der Waals surface area contributed by atoms with Gasteiger partial charge in [-0.3, -0.25) is 4.79 Å². The molecule has 1 aliphatic rings. The van der Waals surface area contributed by atoms with Crippen molar-refractivity contribution in [1.29, 1.82) is 0 Å². The molecule has 0 radical (unpaired) electrons. The van der Waals surface area contributed by atoms with E-state index in [-0.39, 0.29) is 17.9 Å². The third kappa shape index (κ3) is 4.08. The maximum Gasteiger partial charge on any atom is 0.338 e. The van der Waals surface area contributed by atoms with E-state index in [2.05, 4.69) is 5.32 Å². The molecule has 0 heterocycles. The molecule has 4 nitrogen and oxygen atoms in total. The Morgan fingerprint density at radius 3 is 2.28 bits per heavy atom. The van der Waals surface area contributed by atoms with Crippen molar-refractivity contribution in [1.82, 2.24) is 5.32 Å². The summed E-state index contributed by atoms with van der Waals surface area (Å²) in [5.41, 5.74) is 3.32. The van der Waals surface area contributed by atoms with Gasteiger partial charge in [0.2, 0.25) is 0 Å². The SMILES string of the molecule is Cc1cccc(C)c1C(=O)NC1CC(COC(=O)c2ccccc2)C1. The van der Waals surface area contributed by atoms with Gasteiger partial charge in [0.25, 0.3) is 5.91 Å². The van der Waals surface area contributed by atoms with Gasteiger partial charge in [-0.1, -0.05) is 36.4 Å². The van der Waals surface area contributed by atoms with E-state index in [9.17, 15) is 9.59 Å². The number of esters is 1. The highest BCUT2D eigenvalue weighted by molar-refractivity contribution is 5.97. The zero-order chi connectivity index (χ0) is 17.8. The van der Waals surface area contributed by atoms with Gasteiger partial charge in [0.05, 0.1) is 12.2 Å². The Kier molecular flexibility index (Phi) is 5.17. The van der Waals surface area contributed by atoms with Crippen LogP contribution in [0.3, 0.4) is 0 Å². The van der Waals surface area contributed by atoms with Gasteiger partial charge in [0.1, 0.15) is 0 Å². The third-order valence-corrected chi connectivity index (χ3v) is 4.74. The Balaban J connectivity index is 1.44. The fourth-order valence-electron chi connectivity index (χ4n) is 3.27. The van der Waals surface area contributed by atoms with E-state index in [0.717, 1.165) is 29.5 Å². The Morgan fingerprint density at radius 1 is 1.00 bits per heavy atom. The van der Waals surface area contributed by atoms with Crippen molar-refractivity contribution in [3.05, 3.63) is 70.8 Å². The first-order chi connectivity index (χ1) is 12.0. The topological polar surface area (TPSA) is 55.4 Å². The van der Waals surface area contributed by atoms with Crippen molar-refractivity contribution >= 4 is 11.9 Å². The molecule has 1 aliphatic carbocycles. The Hall–Kier alpha value is -2.62. The van der Waals surface area contributed by atoms with Gasteiger partial charge in [-0.2, -0.15) is 0 Å². The van der Waals surface area contributed by atoms with Crippen molar-refractivity contribution in [3.8, 4) is 0 Å². The number of benzene rings is 2. The van der Waals surface area contributed by atoms with Gasteiger partial charge in [-0.15, -0.1) is 0 Å². The number of hydrogen-bond acceptors (Lipinski definition) is 3. The van der Waals surface area contributed by atoms with Gasteiger partial charge in [-0.25, -0.2) is 4.79 Å². The van der Waals surface area contributed by atoms with Crippen LogP contribution in [-0.2, 0) is 4.74 Å². The highest BCUT2D eigenvalue weighted by Crippen LogP contribution is 2.28. The summed E-state index contributed by atoms with van der Waals surface area (Å²) < 4.78 is 5.36. The standard InChI is InChI=1S/C21H23NO3/c1-14-7-6-8-15(2)19(14)20(23)22-18-11-16(12-18)13-25-21(24)17-9-4-3-5-10-17/h3-10,16,18H,11-13H2,1-2H3,(H,22,23). The highest BCUT2D eigenvalue weighted by Gasteiger charge is 2.32. The van der Waals surface area contributed by atoms with Gasteiger partial charge < -0.3 is 10.1 Å². The molecule has 3 rings (SSSR count). The molecule has 0 saturated heterocycles. The molecule has 25 heavy (non-hydrogen) atoms. The van der Waals surface area contributed by atoms with Crippen LogP contribution in [0.2, 0.25) is 0 Å². The molecule has 1 amide bonds.